The molecule has 0 radical (unpaired) electrons. The van der Waals surface area contributed by atoms with Gasteiger partial charge in [-0.1, -0.05) is 73.8 Å². The second kappa shape index (κ2) is 9.83. The van der Waals surface area contributed by atoms with E-state index in [4.69, 9.17) is 0 Å². The topological polar surface area (TPSA) is 8.17 Å². The Labute approximate surface area is 219 Å². The number of fused-ring (bicyclic) bond motifs is 3. The minimum atomic E-state index is 0.767. The summed E-state index contributed by atoms with van der Waals surface area (Å²) in [6, 6.07) is 30.9. The minimum Gasteiger partial charge on any atom is -0.312 e. The van der Waals surface area contributed by atoms with Crippen LogP contribution in [-0.4, -0.2) is 4.57 Å². The van der Waals surface area contributed by atoms with Crippen LogP contribution in [-0.2, 0) is 6.42 Å². The smallest absolute Gasteiger partial charge is 0.0541 e. The Balaban J connectivity index is 1.44. The monoisotopic (exact) mass is 480 g/mol. The molecule has 0 N–H and O–H groups in total. The molecule has 0 aliphatic carbocycles. The second-order valence-electron chi connectivity index (χ2n) is 9.61. The number of hydrogen-bond acceptors (Lipinski definition) is 1. The molecule has 0 bridgehead atoms. The molecule has 0 aliphatic heterocycles. The SMILES string of the molecule is C=CC(=C)N(C(=C)C=C)c1ccc(Cc2ccc(-n3c4ccc(C)cc4c4cc(C)ccc43)cc2)cc1. The van der Waals surface area contributed by atoms with Crippen molar-refractivity contribution in [3.05, 3.63) is 157 Å². The average Bonchev–Trinajstić information content (AvgIpc) is 3.22. The summed E-state index contributed by atoms with van der Waals surface area (Å²) in [6.07, 6.45) is 4.31. The van der Waals surface area contributed by atoms with Crippen molar-refractivity contribution in [3.8, 4) is 5.69 Å². The number of aryl methyl sites for hydroxylation is 2. The summed E-state index contributed by atoms with van der Waals surface area (Å²) < 4.78 is 2.37. The Morgan fingerprint density at radius 3 is 1.59 bits per heavy atom. The van der Waals surface area contributed by atoms with E-state index < -0.39 is 0 Å². The summed E-state index contributed by atoms with van der Waals surface area (Å²) in [5, 5.41) is 2.60. The molecule has 4 aromatic carbocycles. The third-order valence-electron chi connectivity index (χ3n) is 6.92. The Bertz CT molecular complexity index is 1580. The number of hydrogen-bond donors (Lipinski definition) is 0. The molecule has 5 aromatic rings. The number of nitrogens with zero attached hydrogens (tertiary/aromatic N) is 2. The molecule has 182 valence electrons. The number of rotatable bonds is 8. The van der Waals surface area contributed by atoms with Gasteiger partial charge in [0, 0.05) is 33.5 Å². The van der Waals surface area contributed by atoms with E-state index in [2.05, 4.69) is 130 Å². The van der Waals surface area contributed by atoms with Crippen molar-refractivity contribution < 1.29 is 0 Å². The Hall–Kier alpha value is -4.56. The first-order chi connectivity index (χ1) is 17.9. The molecule has 0 spiro atoms. The molecule has 0 saturated carbocycles. The summed E-state index contributed by atoms with van der Waals surface area (Å²) in [5.41, 5.74) is 11.2. The van der Waals surface area contributed by atoms with Crippen LogP contribution < -0.4 is 4.90 Å². The van der Waals surface area contributed by atoms with Crippen LogP contribution in [0.25, 0.3) is 27.5 Å². The first-order valence-electron chi connectivity index (χ1n) is 12.5. The van der Waals surface area contributed by atoms with Gasteiger partial charge in [-0.2, -0.15) is 0 Å². The third kappa shape index (κ3) is 4.54. The van der Waals surface area contributed by atoms with Crippen LogP contribution >= 0.6 is 0 Å². The lowest BCUT2D eigenvalue weighted by molar-refractivity contribution is 1.13. The van der Waals surface area contributed by atoms with Crippen molar-refractivity contribution in [3.63, 3.8) is 0 Å². The van der Waals surface area contributed by atoms with Crippen LogP contribution in [0.5, 0.6) is 0 Å². The first-order valence-corrected chi connectivity index (χ1v) is 12.5. The van der Waals surface area contributed by atoms with Crippen molar-refractivity contribution in [1.29, 1.82) is 0 Å². The van der Waals surface area contributed by atoms with E-state index in [-0.39, 0.29) is 0 Å². The predicted molar refractivity (Wildman–Crippen MR) is 161 cm³/mol. The van der Waals surface area contributed by atoms with Crippen LogP contribution in [0.1, 0.15) is 22.3 Å². The molecule has 0 unspecified atom stereocenters. The zero-order valence-corrected chi connectivity index (χ0v) is 21.7. The highest BCUT2D eigenvalue weighted by Crippen LogP contribution is 2.33. The zero-order valence-electron chi connectivity index (χ0n) is 21.7. The van der Waals surface area contributed by atoms with Crippen LogP contribution in [0.15, 0.2) is 135 Å². The fourth-order valence-corrected chi connectivity index (χ4v) is 4.99. The van der Waals surface area contributed by atoms with Gasteiger partial charge in [0.1, 0.15) is 0 Å². The second-order valence-corrected chi connectivity index (χ2v) is 9.61. The van der Waals surface area contributed by atoms with Crippen molar-refractivity contribution in [2.24, 2.45) is 0 Å². The molecule has 2 heteroatoms. The van der Waals surface area contributed by atoms with E-state index in [9.17, 15) is 0 Å². The normalized spacial score (nSPS) is 11.0. The number of anilines is 1. The maximum absolute atomic E-state index is 4.08. The van der Waals surface area contributed by atoms with Gasteiger partial charge < -0.3 is 9.47 Å². The lowest BCUT2D eigenvalue weighted by atomic mass is 10.0. The van der Waals surface area contributed by atoms with E-state index >= 15 is 0 Å². The van der Waals surface area contributed by atoms with Crippen LogP contribution in [0.3, 0.4) is 0 Å². The van der Waals surface area contributed by atoms with Gasteiger partial charge in [-0.15, -0.1) is 0 Å². The molecule has 0 saturated heterocycles. The van der Waals surface area contributed by atoms with E-state index in [1.54, 1.807) is 12.2 Å². The van der Waals surface area contributed by atoms with Crippen molar-refractivity contribution in [2.75, 3.05) is 4.90 Å². The van der Waals surface area contributed by atoms with E-state index in [1.165, 1.54) is 49.7 Å². The Morgan fingerprint density at radius 1 is 0.676 bits per heavy atom. The molecule has 0 amide bonds. The van der Waals surface area contributed by atoms with Crippen LogP contribution in [0.4, 0.5) is 5.69 Å². The summed E-state index contributed by atoms with van der Waals surface area (Å²) in [6.45, 7) is 20.2. The maximum Gasteiger partial charge on any atom is 0.0541 e. The number of aromatic nitrogens is 1. The third-order valence-corrected chi connectivity index (χ3v) is 6.92. The summed E-state index contributed by atoms with van der Waals surface area (Å²) in [7, 11) is 0. The molecular weight excluding hydrogens is 448 g/mol. The molecule has 1 aromatic heterocycles. The molecule has 37 heavy (non-hydrogen) atoms. The van der Waals surface area contributed by atoms with Gasteiger partial charge in [-0.05, 0) is 92.1 Å². The van der Waals surface area contributed by atoms with Gasteiger partial charge in [0.05, 0.1) is 11.0 Å². The molecule has 0 atom stereocenters. The highest BCUT2D eigenvalue weighted by molar-refractivity contribution is 6.09. The fourth-order valence-electron chi connectivity index (χ4n) is 4.99. The summed E-state index contributed by atoms with van der Waals surface area (Å²) >= 11 is 0. The van der Waals surface area contributed by atoms with Crippen molar-refractivity contribution in [2.45, 2.75) is 20.3 Å². The Kier molecular flexibility index (Phi) is 6.42. The van der Waals surface area contributed by atoms with Gasteiger partial charge in [-0.25, -0.2) is 0 Å². The van der Waals surface area contributed by atoms with Crippen molar-refractivity contribution in [1.82, 2.24) is 4.57 Å². The summed E-state index contributed by atoms with van der Waals surface area (Å²) in [5.74, 6) is 0. The standard InChI is InChI=1S/C35H32N2/c1-7-26(5)36(27(6)8-2)30-15-11-28(12-16-30)23-29-13-17-31(18-14-29)37-34-19-9-24(3)21-32(34)33-22-25(4)10-20-35(33)37/h7-22H,1-2,5-6,23H2,3-4H3. The average molecular weight is 481 g/mol. The van der Waals surface area contributed by atoms with E-state index in [1.807, 2.05) is 4.90 Å². The molecular formula is C35H32N2. The van der Waals surface area contributed by atoms with Gasteiger partial charge in [0.15, 0.2) is 0 Å². The largest absolute Gasteiger partial charge is 0.312 e. The lowest BCUT2D eigenvalue weighted by Crippen LogP contribution is -2.18. The predicted octanol–water partition coefficient (Wildman–Crippen LogP) is 9.20. The van der Waals surface area contributed by atoms with E-state index in [0.717, 1.165) is 23.5 Å². The summed E-state index contributed by atoms with van der Waals surface area (Å²) in [4.78, 5) is 1.95. The molecule has 2 nitrogen and oxygen atoms in total. The van der Waals surface area contributed by atoms with E-state index in [0.29, 0.717) is 0 Å². The van der Waals surface area contributed by atoms with Gasteiger partial charge in [0.25, 0.3) is 0 Å². The molecule has 5 rings (SSSR count). The minimum absolute atomic E-state index is 0.767. The molecule has 0 fully saturated rings. The number of allylic oxidation sites excluding steroid dienone is 2. The van der Waals surface area contributed by atoms with Crippen molar-refractivity contribution >= 4 is 27.5 Å². The maximum atomic E-state index is 4.08. The van der Waals surface area contributed by atoms with Gasteiger partial charge in [-0.3, -0.25) is 0 Å². The van der Waals surface area contributed by atoms with Crippen LogP contribution in [0, 0.1) is 13.8 Å². The highest BCUT2D eigenvalue weighted by atomic mass is 15.1. The quantitative estimate of drug-likeness (QED) is 0.201. The lowest BCUT2D eigenvalue weighted by Gasteiger charge is -2.25. The van der Waals surface area contributed by atoms with Gasteiger partial charge >= 0.3 is 0 Å². The molecule has 0 aliphatic rings. The fraction of sp³-hybridized carbons (Fsp3) is 0.0857. The molecule has 1 heterocycles. The van der Waals surface area contributed by atoms with Gasteiger partial charge in [0.2, 0.25) is 0 Å². The highest BCUT2D eigenvalue weighted by Gasteiger charge is 2.13. The first kappa shape index (κ1) is 24.1. The zero-order chi connectivity index (χ0) is 26.1. The Morgan fingerprint density at radius 2 is 1.14 bits per heavy atom. The van der Waals surface area contributed by atoms with Crippen LogP contribution in [0.2, 0.25) is 0 Å². The number of benzene rings is 4.